The van der Waals surface area contributed by atoms with Crippen LogP contribution in [0.2, 0.25) is 10.0 Å². The van der Waals surface area contributed by atoms with Gasteiger partial charge in [-0.3, -0.25) is 14.9 Å². The van der Waals surface area contributed by atoms with Crippen LogP contribution in [0.5, 0.6) is 0 Å². The lowest BCUT2D eigenvalue weighted by Gasteiger charge is -2.40. The number of benzene rings is 2. The Balaban J connectivity index is 1.89. The van der Waals surface area contributed by atoms with Crippen molar-refractivity contribution in [2.45, 2.75) is 50.7 Å². The van der Waals surface area contributed by atoms with E-state index in [1.165, 1.54) is 42.5 Å². The van der Waals surface area contributed by atoms with Crippen molar-refractivity contribution in [1.29, 1.82) is 0 Å². The van der Waals surface area contributed by atoms with E-state index in [0.717, 1.165) is 6.07 Å². The minimum absolute atomic E-state index is 0.0377. The largest absolute Gasteiger partial charge is 0.435 e. The minimum Gasteiger partial charge on any atom is -0.435 e. The quantitative estimate of drug-likeness (QED) is 0.322. The summed E-state index contributed by atoms with van der Waals surface area (Å²) in [6.07, 6.45) is 0.403. The molecule has 2 aromatic carbocycles. The molecule has 2 amide bonds. The highest BCUT2D eigenvalue weighted by atomic mass is 35.5. The summed E-state index contributed by atoms with van der Waals surface area (Å²) in [7, 11) is 0. The SMILES string of the molecule is CC(C)(C)C[C@@H]1N[C@@H](C(=O)Nc2ccc(C(N)=O)o2)[C@H](c2cccc(Cl)c2F)[C@@]1(N)c1ccc(Cl)cc1F. The molecule has 7 nitrogen and oxygen atoms in total. The lowest BCUT2D eigenvalue weighted by Crippen LogP contribution is -2.52. The van der Waals surface area contributed by atoms with Crippen LogP contribution in [0.15, 0.2) is 52.9 Å². The summed E-state index contributed by atoms with van der Waals surface area (Å²) in [5.74, 6) is -4.22. The van der Waals surface area contributed by atoms with Crippen LogP contribution in [0.25, 0.3) is 0 Å². The van der Waals surface area contributed by atoms with Crippen LogP contribution in [0, 0.1) is 17.0 Å². The fraction of sp³-hybridized carbons (Fsp3) is 0.333. The number of nitrogens with one attached hydrogen (secondary N) is 2. The van der Waals surface area contributed by atoms with Gasteiger partial charge < -0.3 is 21.2 Å². The summed E-state index contributed by atoms with van der Waals surface area (Å²) in [5.41, 5.74) is 10.5. The van der Waals surface area contributed by atoms with Crippen molar-refractivity contribution in [2.24, 2.45) is 16.9 Å². The van der Waals surface area contributed by atoms with E-state index >= 15 is 8.78 Å². The third-order valence-electron chi connectivity index (χ3n) is 6.71. The van der Waals surface area contributed by atoms with Gasteiger partial charge in [0.2, 0.25) is 5.91 Å². The Morgan fingerprint density at radius 1 is 1.13 bits per heavy atom. The van der Waals surface area contributed by atoms with Crippen molar-refractivity contribution in [2.75, 3.05) is 5.32 Å². The van der Waals surface area contributed by atoms with E-state index in [4.69, 9.17) is 39.1 Å². The molecule has 1 aliphatic rings. The highest BCUT2D eigenvalue weighted by molar-refractivity contribution is 6.31. The maximum absolute atomic E-state index is 15.6. The van der Waals surface area contributed by atoms with E-state index in [1.54, 1.807) is 0 Å². The van der Waals surface area contributed by atoms with Gasteiger partial charge in [-0.2, -0.15) is 0 Å². The Morgan fingerprint density at radius 3 is 2.45 bits per heavy atom. The van der Waals surface area contributed by atoms with E-state index in [9.17, 15) is 9.59 Å². The van der Waals surface area contributed by atoms with Gasteiger partial charge in [0.15, 0.2) is 11.6 Å². The number of hydrogen-bond acceptors (Lipinski definition) is 5. The van der Waals surface area contributed by atoms with Crippen LogP contribution in [0.4, 0.5) is 14.7 Å². The molecule has 4 rings (SSSR count). The normalized spacial score (nSPS) is 23.4. The average molecular weight is 565 g/mol. The fourth-order valence-corrected chi connectivity index (χ4v) is 5.48. The number of amides is 2. The van der Waals surface area contributed by atoms with Gasteiger partial charge in [0.1, 0.15) is 11.6 Å². The molecule has 1 aromatic heterocycles. The molecule has 0 spiro atoms. The first-order valence-corrected chi connectivity index (χ1v) is 12.6. The highest BCUT2D eigenvalue weighted by Gasteiger charge is 2.58. The van der Waals surface area contributed by atoms with E-state index < -0.39 is 47.0 Å². The molecule has 11 heteroatoms. The van der Waals surface area contributed by atoms with Crippen molar-refractivity contribution in [3.63, 3.8) is 0 Å². The van der Waals surface area contributed by atoms with Crippen molar-refractivity contribution < 1.29 is 22.8 Å². The number of carbonyl (C=O) groups is 2. The van der Waals surface area contributed by atoms with Crippen molar-refractivity contribution in [3.8, 4) is 0 Å². The van der Waals surface area contributed by atoms with E-state index in [-0.39, 0.29) is 38.2 Å². The van der Waals surface area contributed by atoms with Crippen LogP contribution >= 0.6 is 23.2 Å². The summed E-state index contributed by atoms with van der Waals surface area (Å²) in [6, 6.07) is 9.31. The van der Waals surface area contributed by atoms with Gasteiger partial charge >= 0.3 is 0 Å². The number of hydrogen-bond donors (Lipinski definition) is 4. The van der Waals surface area contributed by atoms with Crippen LogP contribution in [0.3, 0.4) is 0 Å². The monoisotopic (exact) mass is 564 g/mol. The summed E-state index contributed by atoms with van der Waals surface area (Å²) in [4.78, 5) is 25.1. The number of primary amides is 1. The van der Waals surface area contributed by atoms with Gasteiger partial charge in [-0.05, 0) is 41.7 Å². The highest BCUT2D eigenvalue weighted by Crippen LogP contribution is 2.50. The van der Waals surface area contributed by atoms with Gasteiger partial charge in [0.05, 0.1) is 16.6 Å². The molecule has 6 N–H and O–H groups in total. The lowest BCUT2D eigenvalue weighted by atomic mass is 9.68. The molecular formula is C27H28Cl2F2N4O3. The summed E-state index contributed by atoms with van der Waals surface area (Å²) in [6.45, 7) is 5.93. The summed E-state index contributed by atoms with van der Waals surface area (Å²) >= 11 is 12.2. The van der Waals surface area contributed by atoms with Crippen molar-refractivity contribution >= 4 is 40.9 Å². The summed E-state index contributed by atoms with van der Waals surface area (Å²) in [5, 5.41) is 5.82. The lowest BCUT2D eigenvalue weighted by molar-refractivity contribution is -0.118. The molecule has 1 aliphatic heterocycles. The van der Waals surface area contributed by atoms with Gasteiger partial charge in [0.25, 0.3) is 5.91 Å². The molecule has 1 saturated heterocycles. The maximum Gasteiger partial charge on any atom is 0.284 e. The van der Waals surface area contributed by atoms with Crippen LogP contribution < -0.4 is 22.1 Å². The molecule has 202 valence electrons. The second kappa shape index (κ2) is 10.3. The molecule has 2 heterocycles. The Morgan fingerprint density at radius 2 is 1.84 bits per heavy atom. The smallest absolute Gasteiger partial charge is 0.284 e. The van der Waals surface area contributed by atoms with Crippen LogP contribution in [-0.4, -0.2) is 23.9 Å². The summed E-state index contributed by atoms with van der Waals surface area (Å²) < 4.78 is 36.4. The molecule has 0 aliphatic carbocycles. The number of carbonyl (C=O) groups excluding carboxylic acids is 2. The Kier molecular flexibility index (Phi) is 7.60. The minimum atomic E-state index is -1.61. The molecule has 4 atom stereocenters. The van der Waals surface area contributed by atoms with Gasteiger partial charge in [-0.15, -0.1) is 0 Å². The topological polar surface area (TPSA) is 123 Å². The fourth-order valence-electron chi connectivity index (χ4n) is 5.14. The van der Waals surface area contributed by atoms with Crippen molar-refractivity contribution in [3.05, 3.63) is 87.1 Å². The van der Waals surface area contributed by atoms with Crippen molar-refractivity contribution in [1.82, 2.24) is 5.32 Å². The predicted molar refractivity (Wildman–Crippen MR) is 142 cm³/mol. The van der Waals surface area contributed by atoms with E-state index in [2.05, 4.69) is 10.6 Å². The zero-order valence-electron chi connectivity index (χ0n) is 20.9. The molecule has 3 aromatic rings. The second-order valence-corrected chi connectivity index (χ2v) is 11.5. The number of nitrogens with two attached hydrogens (primary N) is 2. The van der Waals surface area contributed by atoms with Gasteiger partial charge in [0, 0.05) is 28.6 Å². The third-order valence-corrected chi connectivity index (χ3v) is 7.24. The molecular weight excluding hydrogens is 537 g/mol. The first kappa shape index (κ1) is 28.0. The average Bonchev–Trinajstić information content (AvgIpc) is 3.38. The Labute approximate surface area is 228 Å². The Bertz CT molecular complexity index is 1390. The van der Waals surface area contributed by atoms with Gasteiger partial charge in [-0.25, -0.2) is 8.78 Å². The first-order valence-electron chi connectivity index (χ1n) is 11.9. The standard InChI is InChI=1S/C27H28Cl2F2N4O3/c1-26(2,3)12-19-27(33,15-8-7-13(28)11-17(15)30)21(14-5-4-6-16(29)22(14)31)23(34-19)25(37)35-20-10-9-18(38-20)24(32)36/h4-11,19,21,23,34H,12,33H2,1-3H3,(H2,32,36)(H,35,37)/t19-,21-,23+,27+/m0/s1. The van der Waals surface area contributed by atoms with E-state index in [1.807, 2.05) is 20.8 Å². The third kappa shape index (κ3) is 5.29. The maximum atomic E-state index is 15.6. The van der Waals surface area contributed by atoms with Crippen LogP contribution in [0.1, 0.15) is 54.8 Å². The zero-order chi connectivity index (χ0) is 28.0. The number of halogens is 4. The van der Waals surface area contributed by atoms with E-state index in [0.29, 0.717) is 6.42 Å². The van der Waals surface area contributed by atoms with Crippen LogP contribution in [-0.2, 0) is 10.3 Å². The van der Waals surface area contributed by atoms with Gasteiger partial charge in [-0.1, -0.05) is 62.2 Å². The second-order valence-electron chi connectivity index (χ2n) is 10.7. The molecule has 0 unspecified atom stereocenters. The molecule has 1 fully saturated rings. The molecule has 0 radical (unpaired) electrons. The first-order chi connectivity index (χ1) is 17.7. The predicted octanol–water partition coefficient (Wildman–Crippen LogP) is 5.32. The molecule has 0 bridgehead atoms. The number of anilines is 1. The number of furan rings is 1. The molecule has 0 saturated carbocycles. The zero-order valence-corrected chi connectivity index (χ0v) is 22.5. The Hall–Kier alpha value is -2.98. The number of rotatable bonds is 6. The molecule has 38 heavy (non-hydrogen) atoms.